The highest BCUT2D eigenvalue weighted by Gasteiger charge is 1.07. The summed E-state index contributed by atoms with van der Waals surface area (Å²) in [6.07, 6.45) is 0. The number of halogens is 1. The molecular formula is CHBrOS. The van der Waals surface area contributed by atoms with Gasteiger partial charge in [0.2, 0.25) is 5.23 Å². The second kappa shape index (κ2) is 10.4. The molecule has 0 aromatic rings. The fourth-order valence-electron chi connectivity index (χ4n) is 0. The van der Waals surface area contributed by atoms with Crippen molar-refractivity contribution in [2.45, 2.75) is 0 Å². The van der Waals surface area contributed by atoms with Gasteiger partial charge in [0.05, 0.1) is 0 Å². The maximum atomic E-state index is 8.50. The molecule has 0 fully saturated rings. The van der Waals surface area contributed by atoms with E-state index in [-0.39, 0.29) is 17.0 Å². The molecule has 0 unspecified atom stereocenters. The molecule has 0 spiro atoms. The van der Waals surface area contributed by atoms with Gasteiger partial charge in [-0.15, -0.1) is 17.0 Å². The van der Waals surface area contributed by atoms with E-state index in [1.165, 1.54) is 0 Å². The first kappa shape index (κ1) is 8.86. The minimum Gasteiger partial charge on any atom is -0.220 e. The van der Waals surface area contributed by atoms with Gasteiger partial charge in [0.1, 0.15) is 0 Å². The van der Waals surface area contributed by atoms with E-state index < -0.39 is 0 Å². The van der Waals surface area contributed by atoms with E-state index in [1.807, 2.05) is 0 Å². The Balaban J connectivity index is 0. The van der Waals surface area contributed by atoms with Crippen molar-refractivity contribution in [3.8, 4) is 0 Å². The fraction of sp³-hybridized carbons (Fsp3) is 0. The molecular weight excluding hydrogens is 140 g/mol. The topological polar surface area (TPSA) is 17.1 Å². The monoisotopic (exact) mass is 140 g/mol. The second-order valence-corrected chi connectivity index (χ2v) is 0.250. The van der Waals surface area contributed by atoms with Crippen molar-refractivity contribution in [1.82, 2.24) is 0 Å². The van der Waals surface area contributed by atoms with Crippen molar-refractivity contribution >= 4 is 34.4 Å². The third-order valence-electron chi connectivity index (χ3n) is 0. The zero-order valence-electron chi connectivity index (χ0n) is 1.72. The molecule has 3 heteroatoms. The van der Waals surface area contributed by atoms with E-state index in [0.717, 1.165) is 5.23 Å². The summed E-state index contributed by atoms with van der Waals surface area (Å²) in [5, 5.41) is 1.08. The smallest absolute Gasteiger partial charge is 0.202 e. The van der Waals surface area contributed by atoms with Gasteiger partial charge < -0.3 is 0 Å². The van der Waals surface area contributed by atoms with E-state index in [9.17, 15) is 0 Å². The lowest BCUT2D eigenvalue weighted by Crippen LogP contribution is -1.08. The van der Waals surface area contributed by atoms with Gasteiger partial charge in [-0.25, -0.2) is 4.79 Å². The van der Waals surface area contributed by atoms with Crippen LogP contribution in [0.25, 0.3) is 0 Å². The molecule has 0 rings (SSSR count). The Labute approximate surface area is 39.8 Å². The van der Waals surface area contributed by atoms with Gasteiger partial charge in [-0.1, -0.05) is 0 Å². The Bertz CT molecular complexity index is 29.0. The zero-order valence-corrected chi connectivity index (χ0v) is 4.25. The van der Waals surface area contributed by atoms with Gasteiger partial charge in [-0.2, -0.15) is 0 Å². The largest absolute Gasteiger partial charge is 0.220 e. The summed E-state index contributed by atoms with van der Waals surface area (Å²) in [5.41, 5.74) is 0. The van der Waals surface area contributed by atoms with E-state index >= 15 is 0 Å². The van der Waals surface area contributed by atoms with Crippen LogP contribution in [-0.2, 0) is 4.79 Å². The van der Waals surface area contributed by atoms with Crippen LogP contribution in [0.3, 0.4) is 0 Å². The number of hydrogen-bond acceptors (Lipinski definition) is 2. The Kier molecular flexibility index (Phi) is 23.0. The van der Waals surface area contributed by atoms with Gasteiger partial charge in [-0.05, 0) is 0 Å². The molecule has 24 valence electrons. The highest BCUT2D eigenvalue weighted by molar-refractivity contribution is 8.93. The number of thiocarbonyl (C=S) groups is 1. The zero-order chi connectivity index (χ0) is 2.71. The predicted octanol–water partition coefficient (Wildman–Crippen LogP) is 0.829. The fourth-order valence-corrected chi connectivity index (χ4v) is 0. The van der Waals surface area contributed by atoms with Crippen molar-refractivity contribution in [3.63, 3.8) is 0 Å². The average molecular weight is 141 g/mol. The maximum absolute atomic E-state index is 8.50. The molecule has 0 N–H and O–H groups in total. The highest BCUT2D eigenvalue weighted by Crippen LogP contribution is 1.14. The Morgan fingerprint density at radius 1 is 1.75 bits per heavy atom. The van der Waals surface area contributed by atoms with Gasteiger partial charge in [0, 0.05) is 12.2 Å². The molecule has 0 atom stereocenters. The van der Waals surface area contributed by atoms with Crippen LogP contribution < -0.4 is 0 Å². The Morgan fingerprint density at radius 3 is 1.75 bits per heavy atom. The van der Waals surface area contributed by atoms with Crippen LogP contribution in [0.5, 0.6) is 0 Å². The summed E-state index contributed by atoms with van der Waals surface area (Å²) in [6.45, 7) is 0. The van der Waals surface area contributed by atoms with Crippen LogP contribution >= 0.6 is 29.2 Å². The summed E-state index contributed by atoms with van der Waals surface area (Å²) < 4.78 is 0. The van der Waals surface area contributed by atoms with Gasteiger partial charge in [0.25, 0.3) is 0 Å². The van der Waals surface area contributed by atoms with E-state index in [4.69, 9.17) is 4.79 Å². The molecule has 0 bridgehead atoms. The minimum atomic E-state index is 0. The summed E-state index contributed by atoms with van der Waals surface area (Å²) in [5.74, 6) is 0. The van der Waals surface area contributed by atoms with Crippen LogP contribution in [0.4, 0.5) is 0 Å². The molecule has 0 radical (unpaired) electrons. The molecule has 4 heavy (non-hydrogen) atoms. The van der Waals surface area contributed by atoms with E-state index in [0.29, 0.717) is 0 Å². The molecule has 0 aromatic carbocycles. The highest BCUT2D eigenvalue weighted by atomic mass is 79.9. The molecule has 0 aliphatic heterocycles. The minimum absolute atomic E-state index is 0. The lowest BCUT2D eigenvalue weighted by Gasteiger charge is -0.970. The number of rotatable bonds is 0. The second-order valence-electron chi connectivity index (χ2n) is 0.0833. The number of hydrogen-bond donors (Lipinski definition) is 0. The first-order valence-corrected chi connectivity index (χ1v) is 0.816. The van der Waals surface area contributed by atoms with E-state index in [2.05, 4.69) is 12.2 Å². The van der Waals surface area contributed by atoms with Crippen molar-refractivity contribution in [2.24, 2.45) is 0 Å². The number of carbonyl (C=O) groups excluding carboxylic acids is 1. The first-order chi connectivity index (χ1) is 1.41. The molecule has 0 aromatic heterocycles. The lowest BCUT2D eigenvalue weighted by molar-refractivity contribution is 0.572. The van der Waals surface area contributed by atoms with Gasteiger partial charge in [-0.3, -0.25) is 0 Å². The quantitative estimate of drug-likeness (QED) is 0.464. The average Bonchev–Trinajstić information content (AvgIpc) is 0.918. The van der Waals surface area contributed by atoms with E-state index in [1.54, 1.807) is 0 Å². The van der Waals surface area contributed by atoms with Crippen molar-refractivity contribution in [2.75, 3.05) is 0 Å². The van der Waals surface area contributed by atoms with Crippen LogP contribution in [0.15, 0.2) is 0 Å². The summed E-state index contributed by atoms with van der Waals surface area (Å²) in [4.78, 5) is 8.50. The Hall–Kier alpha value is 0.280. The van der Waals surface area contributed by atoms with Crippen LogP contribution in [0, 0.1) is 0 Å². The van der Waals surface area contributed by atoms with Crippen LogP contribution in [0.1, 0.15) is 0 Å². The standard InChI is InChI=1S/COS.BrH/c2-1-3;/h;1H. The predicted molar refractivity (Wildman–Crippen MR) is 23.6 cm³/mol. The van der Waals surface area contributed by atoms with Crippen LogP contribution in [-0.4, -0.2) is 5.23 Å². The molecule has 0 aliphatic carbocycles. The molecule has 0 saturated heterocycles. The normalized spacial score (nSPS) is 2.00. The molecule has 0 heterocycles. The maximum Gasteiger partial charge on any atom is 0.202 e. The summed E-state index contributed by atoms with van der Waals surface area (Å²) in [6, 6.07) is 0. The van der Waals surface area contributed by atoms with Gasteiger partial charge >= 0.3 is 0 Å². The molecule has 0 amide bonds. The SMILES string of the molecule is Br.O=C=S. The summed E-state index contributed by atoms with van der Waals surface area (Å²) >= 11 is 3.59. The Morgan fingerprint density at radius 2 is 1.75 bits per heavy atom. The first-order valence-electron chi connectivity index (χ1n) is 0.408. The lowest BCUT2D eigenvalue weighted by atomic mass is 11.9. The van der Waals surface area contributed by atoms with Crippen LogP contribution in [0.2, 0.25) is 0 Å². The molecule has 0 saturated carbocycles. The van der Waals surface area contributed by atoms with Gasteiger partial charge in [0.15, 0.2) is 0 Å². The third kappa shape index (κ3) is 47.6. The van der Waals surface area contributed by atoms with Crippen molar-refractivity contribution in [1.29, 1.82) is 0 Å². The molecule has 1 nitrogen and oxygen atoms in total. The molecule has 0 aliphatic rings. The summed E-state index contributed by atoms with van der Waals surface area (Å²) in [7, 11) is 0. The third-order valence-corrected chi connectivity index (χ3v) is 0. The van der Waals surface area contributed by atoms with Crippen molar-refractivity contribution < 1.29 is 4.79 Å². The van der Waals surface area contributed by atoms with Crippen molar-refractivity contribution in [3.05, 3.63) is 0 Å².